The van der Waals surface area contributed by atoms with E-state index in [1.54, 1.807) is 0 Å². The van der Waals surface area contributed by atoms with Gasteiger partial charge in [0.05, 0.1) is 18.8 Å². The number of aliphatic hydroxyl groups excluding tert-OH is 1. The van der Waals surface area contributed by atoms with Crippen LogP contribution >= 0.6 is 0 Å². The quantitative estimate of drug-likeness (QED) is 0.794. The summed E-state index contributed by atoms with van der Waals surface area (Å²) in [5, 5.41) is 15.8. The molecule has 130 valence electrons. The molecule has 5 nitrogen and oxygen atoms in total. The molecule has 1 aliphatic heterocycles. The van der Waals surface area contributed by atoms with Gasteiger partial charge in [-0.1, -0.05) is 43.2 Å². The zero-order valence-corrected chi connectivity index (χ0v) is 13.9. The number of amides is 2. The summed E-state index contributed by atoms with van der Waals surface area (Å²) in [5.74, 6) is 0.457. The third kappa shape index (κ3) is 2.50. The van der Waals surface area contributed by atoms with Gasteiger partial charge in [0.2, 0.25) is 0 Å². The molecule has 1 heterocycles. The van der Waals surface area contributed by atoms with Gasteiger partial charge in [0.15, 0.2) is 0 Å². The van der Waals surface area contributed by atoms with Gasteiger partial charge in [0.1, 0.15) is 0 Å². The minimum absolute atomic E-state index is 0.109. The summed E-state index contributed by atoms with van der Waals surface area (Å²) >= 11 is 0. The molecule has 1 aromatic rings. The molecule has 2 amide bonds. The van der Waals surface area contributed by atoms with Crippen molar-refractivity contribution in [2.75, 3.05) is 13.2 Å². The molecule has 2 aliphatic carbocycles. The molecule has 1 aromatic carbocycles. The summed E-state index contributed by atoms with van der Waals surface area (Å²) in [5.41, 5.74) is 1.07. The van der Waals surface area contributed by atoms with E-state index in [4.69, 9.17) is 4.74 Å². The highest BCUT2D eigenvalue weighted by molar-refractivity contribution is 5.75. The fraction of sp³-hybridized carbons (Fsp3) is 0.632. The van der Waals surface area contributed by atoms with Crippen LogP contribution in [0.25, 0.3) is 0 Å². The summed E-state index contributed by atoms with van der Waals surface area (Å²) in [7, 11) is 0. The lowest BCUT2D eigenvalue weighted by Gasteiger charge is -2.56. The van der Waals surface area contributed by atoms with Crippen molar-refractivity contribution in [2.24, 2.45) is 11.3 Å². The van der Waals surface area contributed by atoms with Crippen LogP contribution < -0.4 is 10.6 Å². The molecule has 0 radical (unpaired) electrons. The van der Waals surface area contributed by atoms with Crippen molar-refractivity contribution in [3.63, 3.8) is 0 Å². The van der Waals surface area contributed by atoms with E-state index in [1.807, 2.05) is 30.3 Å². The van der Waals surface area contributed by atoms with Crippen LogP contribution in [0.5, 0.6) is 0 Å². The molecule has 2 saturated carbocycles. The molecular weight excluding hydrogens is 304 g/mol. The first-order valence-corrected chi connectivity index (χ1v) is 9.09. The molecule has 1 saturated heterocycles. The standard InChI is InChI=1S/C19H26N2O3/c22-12-15(13-6-2-1-3-7-13)20-18(23)21-16-14-8-11-24-17(14)19(16)9-4-5-10-19/h1-3,6-7,14-17,22H,4-5,8-12H2,(H2,20,21,23)/t14?,15-,16?,17?/m1/s1. The molecular formula is C19H26N2O3. The van der Waals surface area contributed by atoms with Crippen LogP contribution in [0.2, 0.25) is 0 Å². The number of urea groups is 1. The Kier molecular flexibility index (Phi) is 4.22. The Bertz CT molecular complexity index is 586. The zero-order chi connectivity index (χ0) is 16.6. The van der Waals surface area contributed by atoms with Crippen molar-refractivity contribution in [3.8, 4) is 0 Å². The number of hydrogen-bond donors (Lipinski definition) is 3. The number of carbonyl (C=O) groups is 1. The Labute approximate surface area is 142 Å². The lowest BCUT2D eigenvalue weighted by Crippen LogP contribution is -2.69. The first-order valence-electron chi connectivity index (χ1n) is 9.09. The van der Waals surface area contributed by atoms with E-state index in [9.17, 15) is 9.90 Å². The van der Waals surface area contributed by atoms with Gasteiger partial charge in [0, 0.05) is 24.0 Å². The number of carbonyl (C=O) groups excluding carboxylic acids is 1. The first-order chi connectivity index (χ1) is 11.7. The Morgan fingerprint density at radius 3 is 2.75 bits per heavy atom. The Hall–Kier alpha value is -1.59. The maximum atomic E-state index is 12.5. The Morgan fingerprint density at radius 2 is 2.04 bits per heavy atom. The topological polar surface area (TPSA) is 70.6 Å². The molecule has 3 unspecified atom stereocenters. The van der Waals surface area contributed by atoms with Crippen LogP contribution in [-0.4, -0.2) is 36.5 Å². The van der Waals surface area contributed by atoms with Crippen LogP contribution in [0, 0.1) is 11.3 Å². The number of fused-ring (bicyclic) bond motifs is 2. The Morgan fingerprint density at radius 1 is 1.29 bits per heavy atom. The SMILES string of the molecule is O=C(NC1C2CCOC2C12CCCC2)N[C@H](CO)c1ccccc1. The largest absolute Gasteiger partial charge is 0.394 e. The van der Waals surface area contributed by atoms with Crippen molar-refractivity contribution in [2.45, 2.75) is 50.3 Å². The van der Waals surface area contributed by atoms with Gasteiger partial charge in [-0.3, -0.25) is 0 Å². The van der Waals surface area contributed by atoms with Gasteiger partial charge in [-0.15, -0.1) is 0 Å². The molecule has 0 aromatic heterocycles. The second-order valence-electron chi connectivity index (χ2n) is 7.43. The fourth-order valence-corrected chi connectivity index (χ4v) is 5.17. The van der Waals surface area contributed by atoms with E-state index in [0.717, 1.165) is 31.4 Å². The van der Waals surface area contributed by atoms with Crippen molar-refractivity contribution in [1.82, 2.24) is 10.6 Å². The van der Waals surface area contributed by atoms with E-state index in [0.29, 0.717) is 12.0 Å². The van der Waals surface area contributed by atoms with Crippen LogP contribution in [-0.2, 0) is 4.74 Å². The van der Waals surface area contributed by atoms with E-state index in [1.165, 1.54) is 12.8 Å². The van der Waals surface area contributed by atoms with E-state index >= 15 is 0 Å². The predicted molar refractivity (Wildman–Crippen MR) is 90.5 cm³/mol. The fourth-order valence-electron chi connectivity index (χ4n) is 5.17. The second kappa shape index (κ2) is 6.37. The maximum absolute atomic E-state index is 12.5. The van der Waals surface area contributed by atoms with Gasteiger partial charge in [-0.25, -0.2) is 4.79 Å². The highest BCUT2D eigenvalue weighted by Crippen LogP contribution is 2.60. The number of aliphatic hydroxyl groups is 1. The highest BCUT2D eigenvalue weighted by atomic mass is 16.5. The molecule has 3 fully saturated rings. The van der Waals surface area contributed by atoms with Gasteiger partial charge < -0.3 is 20.5 Å². The average Bonchev–Trinajstić information content (AvgIpc) is 3.27. The van der Waals surface area contributed by atoms with Crippen LogP contribution in [0.3, 0.4) is 0 Å². The summed E-state index contributed by atoms with van der Waals surface area (Å²) in [6.45, 7) is 0.711. The smallest absolute Gasteiger partial charge is 0.315 e. The molecule has 24 heavy (non-hydrogen) atoms. The summed E-state index contributed by atoms with van der Waals surface area (Å²) in [6, 6.07) is 9.25. The molecule has 1 spiro atoms. The van der Waals surface area contributed by atoms with Crippen LogP contribution in [0.15, 0.2) is 30.3 Å². The molecule has 0 bridgehead atoms. The lowest BCUT2D eigenvalue weighted by molar-refractivity contribution is -0.126. The summed E-state index contributed by atoms with van der Waals surface area (Å²) in [6.07, 6.45) is 6.15. The number of benzene rings is 1. The minimum Gasteiger partial charge on any atom is -0.394 e. The number of nitrogens with one attached hydrogen (secondary N) is 2. The van der Waals surface area contributed by atoms with Gasteiger partial charge in [0.25, 0.3) is 0 Å². The minimum atomic E-state index is -0.374. The average molecular weight is 330 g/mol. The highest BCUT2D eigenvalue weighted by Gasteiger charge is 2.65. The van der Waals surface area contributed by atoms with E-state index in [2.05, 4.69) is 10.6 Å². The monoisotopic (exact) mass is 330 g/mol. The predicted octanol–water partition coefficient (Wildman–Crippen LogP) is 2.37. The lowest BCUT2D eigenvalue weighted by atomic mass is 9.54. The maximum Gasteiger partial charge on any atom is 0.315 e. The molecule has 3 N–H and O–H groups in total. The third-order valence-electron chi connectivity index (χ3n) is 6.26. The normalized spacial score (nSPS) is 31.3. The van der Waals surface area contributed by atoms with Crippen LogP contribution in [0.1, 0.15) is 43.7 Å². The molecule has 5 heteroatoms. The Balaban J connectivity index is 1.42. The van der Waals surface area contributed by atoms with Crippen molar-refractivity contribution in [3.05, 3.63) is 35.9 Å². The van der Waals surface area contributed by atoms with Crippen molar-refractivity contribution in [1.29, 1.82) is 0 Å². The summed E-state index contributed by atoms with van der Waals surface area (Å²) in [4.78, 5) is 12.5. The number of hydrogen-bond acceptors (Lipinski definition) is 3. The van der Waals surface area contributed by atoms with E-state index in [-0.39, 0.29) is 30.1 Å². The van der Waals surface area contributed by atoms with E-state index < -0.39 is 0 Å². The van der Waals surface area contributed by atoms with Crippen molar-refractivity contribution < 1.29 is 14.6 Å². The van der Waals surface area contributed by atoms with Crippen LogP contribution in [0.4, 0.5) is 4.79 Å². The summed E-state index contributed by atoms with van der Waals surface area (Å²) < 4.78 is 5.96. The molecule has 4 atom stereocenters. The van der Waals surface area contributed by atoms with Gasteiger partial charge >= 0.3 is 6.03 Å². The van der Waals surface area contributed by atoms with Gasteiger partial charge in [-0.2, -0.15) is 0 Å². The first kappa shape index (κ1) is 15.9. The van der Waals surface area contributed by atoms with Crippen molar-refractivity contribution >= 4 is 6.03 Å². The zero-order valence-electron chi connectivity index (χ0n) is 13.9. The number of rotatable bonds is 4. The van der Waals surface area contributed by atoms with Gasteiger partial charge in [-0.05, 0) is 24.8 Å². The molecule has 3 aliphatic rings. The number of ether oxygens (including phenoxy) is 1. The second-order valence-corrected chi connectivity index (χ2v) is 7.43. The third-order valence-corrected chi connectivity index (χ3v) is 6.26. The molecule has 4 rings (SSSR count).